The van der Waals surface area contributed by atoms with Crippen LogP contribution in [0.15, 0.2) is 12.2 Å². The molecule has 1 aliphatic rings. The van der Waals surface area contributed by atoms with E-state index in [9.17, 15) is 4.79 Å². The van der Waals surface area contributed by atoms with Crippen molar-refractivity contribution >= 4 is 14.6 Å². The second-order valence-electron chi connectivity index (χ2n) is 7.23. The first-order valence-corrected chi connectivity index (χ1v) is 10.0. The highest BCUT2D eigenvalue weighted by Crippen LogP contribution is 2.37. The molecule has 0 bridgehead atoms. The summed E-state index contributed by atoms with van der Waals surface area (Å²) in [5.41, 5.74) is 0. The van der Waals surface area contributed by atoms with Crippen molar-refractivity contribution in [2.45, 2.75) is 70.7 Å². The molecule has 1 rings (SSSR count). The molecule has 1 heterocycles. The first-order valence-electron chi connectivity index (χ1n) is 7.10. The van der Waals surface area contributed by atoms with Gasteiger partial charge in [-0.15, -0.1) is 0 Å². The lowest BCUT2D eigenvalue weighted by molar-refractivity contribution is -0.145. The molecule has 0 unspecified atom stereocenters. The van der Waals surface area contributed by atoms with Crippen LogP contribution in [0.25, 0.3) is 0 Å². The van der Waals surface area contributed by atoms with E-state index in [1.807, 2.05) is 13.8 Å². The van der Waals surface area contributed by atoms with Crippen molar-refractivity contribution in [3.05, 3.63) is 12.2 Å². The summed E-state index contributed by atoms with van der Waals surface area (Å²) in [6.45, 7) is 15.3. The largest absolute Gasteiger partial charge is 0.414 e. The first-order chi connectivity index (χ1) is 8.98. The van der Waals surface area contributed by atoms with Crippen molar-refractivity contribution in [1.29, 1.82) is 0 Å². The summed E-state index contributed by atoms with van der Waals surface area (Å²) in [6, 6.07) is 0. The maximum absolute atomic E-state index is 10.5. The molecule has 2 atom stereocenters. The Hall–Kier alpha value is -0.493. The minimum absolute atomic E-state index is 0.163. The molecule has 0 N–H and O–H groups in total. The minimum atomic E-state index is -1.81. The van der Waals surface area contributed by atoms with Gasteiger partial charge in [0.1, 0.15) is 18.5 Å². The van der Waals surface area contributed by atoms with Crippen molar-refractivity contribution in [3.63, 3.8) is 0 Å². The maximum Gasteiger partial charge on any atom is 0.192 e. The fourth-order valence-electron chi connectivity index (χ4n) is 1.82. The molecule has 0 aromatic rings. The van der Waals surface area contributed by atoms with Gasteiger partial charge in [0.05, 0.1) is 6.61 Å². The van der Waals surface area contributed by atoms with E-state index in [4.69, 9.17) is 13.9 Å². The highest BCUT2D eigenvalue weighted by Gasteiger charge is 2.43. The molecule has 116 valence electrons. The van der Waals surface area contributed by atoms with Crippen molar-refractivity contribution in [2.75, 3.05) is 6.61 Å². The first kappa shape index (κ1) is 17.6. The molecule has 1 saturated heterocycles. The lowest BCUT2D eigenvalue weighted by atomic mass is 10.2. The van der Waals surface area contributed by atoms with Gasteiger partial charge >= 0.3 is 0 Å². The van der Waals surface area contributed by atoms with Gasteiger partial charge in [-0.2, -0.15) is 0 Å². The topological polar surface area (TPSA) is 44.8 Å². The Bertz CT molecular complexity index is 369. The molecule has 1 aliphatic heterocycles. The second-order valence-corrected chi connectivity index (χ2v) is 12.0. The zero-order valence-electron chi connectivity index (χ0n) is 13.7. The Morgan fingerprint density at radius 3 is 2.35 bits per heavy atom. The summed E-state index contributed by atoms with van der Waals surface area (Å²) in [5, 5.41) is 0.163. The molecule has 0 aromatic heterocycles. The molecule has 4 nitrogen and oxygen atoms in total. The van der Waals surface area contributed by atoms with Gasteiger partial charge in [0.2, 0.25) is 0 Å². The fraction of sp³-hybridized carbons (Fsp3) is 0.800. The Morgan fingerprint density at radius 2 is 1.85 bits per heavy atom. The zero-order valence-corrected chi connectivity index (χ0v) is 14.7. The molecule has 0 spiro atoms. The zero-order chi connectivity index (χ0) is 15.6. The van der Waals surface area contributed by atoms with Crippen molar-refractivity contribution in [3.8, 4) is 0 Å². The average molecular weight is 300 g/mol. The third kappa shape index (κ3) is 4.51. The SMILES string of the molecule is CC1(C)O[C@H](/C=C/C=O)[C@@H](CO[Si](C)(C)C(C)(C)C)O1. The number of rotatable bonds is 5. The standard InChI is InChI=1S/C15H28O4Si/c1-14(2,3)20(6,7)17-11-13-12(9-8-10-16)18-15(4,5)19-13/h8-10,12-13H,11H2,1-7H3/b9-8+/t12-,13-/m1/s1. The second kappa shape index (κ2) is 6.09. The van der Waals surface area contributed by atoms with Crippen LogP contribution < -0.4 is 0 Å². The molecule has 1 fully saturated rings. The molecular formula is C15H28O4Si. The van der Waals surface area contributed by atoms with E-state index in [1.165, 1.54) is 6.08 Å². The number of ether oxygens (including phenoxy) is 2. The van der Waals surface area contributed by atoms with Crippen LogP contribution in [0.4, 0.5) is 0 Å². The van der Waals surface area contributed by atoms with Crippen LogP contribution in [0.1, 0.15) is 34.6 Å². The van der Waals surface area contributed by atoms with Gasteiger partial charge < -0.3 is 13.9 Å². The van der Waals surface area contributed by atoms with Gasteiger partial charge in [0, 0.05) is 0 Å². The van der Waals surface area contributed by atoms with Crippen LogP contribution >= 0.6 is 0 Å². The smallest absolute Gasteiger partial charge is 0.192 e. The summed E-state index contributed by atoms with van der Waals surface area (Å²) in [5.74, 6) is -0.640. The van der Waals surface area contributed by atoms with E-state index in [0.29, 0.717) is 6.61 Å². The highest BCUT2D eigenvalue weighted by molar-refractivity contribution is 6.74. The highest BCUT2D eigenvalue weighted by atomic mass is 28.4. The van der Waals surface area contributed by atoms with Crippen LogP contribution in [0.5, 0.6) is 0 Å². The fourth-order valence-corrected chi connectivity index (χ4v) is 2.83. The van der Waals surface area contributed by atoms with E-state index in [1.54, 1.807) is 6.08 Å². The van der Waals surface area contributed by atoms with Crippen LogP contribution in [-0.2, 0) is 18.7 Å². The number of carbonyl (C=O) groups excluding carboxylic acids is 1. The normalized spacial score (nSPS) is 27.1. The van der Waals surface area contributed by atoms with Crippen LogP contribution in [0, 0.1) is 0 Å². The molecule has 0 aliphatic carbocycles. The molecule has 5 heteroatoms. The van der Waals surface area contributed by atoms with E-state index >= 15 is 0 Å². The van der Waals surface area contributed by atoms with Gasteiger partial charge in [-0.3, -0.25) is 4.79 Å². The monoisotopic (exact) mass is 300 g/mol. The third-order valence-corrected chi connectivity index (χ3v) is 8.52. The number of hydrogen-bond donors (Lipinski definition) is 0. The summed E-state index contributed by atoms with van der Waals surface area (Å²) < 4.78 is 17.8. The molecular weight excluding hydrogens is 272 g/mol. The number of carbonyl (C=O) groups is 1. The van der Waals surface area contributed by atoms with Gasteiger partial charge in [0.15, 0.2) is 14.1 Å². The molecule has 0 saturated carbocycles. The number of aldehydes is 1. The van der Waals surface area contributed by atoms with Gasteiger partial charge in [-0.05, 0) is 44.1 Å². The molecule has 20 heavy (non-hydrogen) atoms. The molecule has 0 radical (unpaired) electrons. The van der Waals surface area contributed by atoms with Gasteiger partial charge in [0.25, 0.3) is 0 Å². The quantitative estimate of drug-likeness (QED) is 0.444. The van der Waals surface area contributed by atoms with Crippen molar-refractivity contribution < 1.29 is 18.7 Å². The average Bonchev–Trinajstić information content (AvgIpc) is 2.57. The Balaban J connectivity index is 2.70. The van der Waals surface area contributed by atoms with E-state index in [-0.39, 0.29) is 17.2 Å². The van der Waals surface area contributed by atoms with Gasteiger partial charge in [-0.1, -0.05) is 20.8 Å². The minimum Gasteiger partial charge on any atom is -0.414 e. The Labute approximate surface area is 123 Å². The van der Waals surface area contributed by atoms with Gasteiger partial charge in [-0.25, -0.2) is 0 Å². The number of hydrogen-bond acceptors (Lipinski definition) is 4. The van der Waals surface area contributed by atoms with E-state index in [2.05, 4.69) is 33.9 Å². The van der Waals surface area contributed by atoms with E-state index < -0.39 is 14.1 Å². The van der Waals surface area contributed by atoms with Crippen LogP contribution in [-0.4, -0.2) is 39.2 Å². The third-order valence-electron chi connectivity index (χ3n) is 4.02. The maximum atomic E-state index is 10.5. The molecule has 0 aromatic carbocycles. The summed E-state index contributed by atoms with van der Waals surface area (Å²) in [4.78, 5) is 10.5. The summed E-state index contributed by atoms with van der Waals surface area (Å²) >= 11 is 0. The van der Waals surface area contributed by atoms with Crippen LogP contribution in [0.2, 0.25) is 18.1 Å². The lowest BCUT2D eigenvalue weighted by Crippen LogP contribution is -2.43. The molecule has 0 amide bonds. The lowest BCUT2D eigenvalue weighted by Gasteiger charge is -2.37. The predicted octanol–water partition coefficient (Wildman–Crippen LogP) is 3.28. The Kier molecular flexibility index (Phi) is 5.35. The van der Waals surface area contributed by atoms with E-state index in [0.717, 1.165) is 6.29 Å². The Morgan fingerprint density at radius 1 is 1.25 bits per heavy atom. The summed E-state index contributed by atoms with van der Waals surface area (Å²) in [6.07, 6.45) is 3.53. The van der Waals surface area contributed by atoms with Crippen molar-refractivity contribution in [1.82, 2.24) is 0 Å². The summed E-state index contributed by atoms with van der Waals surface area (Å²) in [7, 11) is -1.81. The van der Waals surface area contributed by atoms with Crippen LogP contribution in [0.3, 0.4) is 0 Å². The number of allylic oxidation sites excluding steroid dienone is 1. The predicted molar refractivity (Wildman–Crippen MR) is 82.2 cm³/mol. The van der Waals surface area contributed by atoms with Crippen molar-refractivity contribution in [2.24, 2.45) is 0 Å².